The highest BCUT2D eigenvalue weighted by Crippen LogP contribution is 2.25. The van der Waals surface area contributed by atoms with Gasteiger partial charge in [-0.1, -0.05) is 30.3 Å². The summed E-state index contributed by atoms with van der Waals surface area (Å²) in [5.74, 6) is 0.179. The molecule has 1 aromatic rings. The van der Waals surface area contributed by atoms with Crippen LogP contribution < -0.4 is 5.32 Å². The van der Waals surface area contributed by atoms with E-state index in [1.54, 1.807) is 0 Å². The third-order valence-electron chi connectivity index (χ3n) is 3.46. The van der Waals surface area contributed by atoms with Crippen molar-refractivity contribution < 1.29 is 4.79 Å². The molecule has 0 aliphatic carbocycles. The number of Topliss-reactive ketones (excluding diaryl/α,β-unsaturated/α-hetero) is 1. The Balaban J connectivity index is 1.87. The molecule has 1 atom stereocenters. The van der Waals surface area contributed by atoms with Crippen molar-refractivity contribution in [3.63, 3.8) is 0 Å². The molecule has 92 valence electrons. The van der Waals surface area contributed by atoms with E-state index in [1.165, 1.54) is 5.56 Å². The Hall–Kier alpha value is -1.90. The van der Waals surface area contributed by atoms with Gasteiger partial charge in [-0.2, -0.15) is 0 Å². The van der Waals surface area contributed by atoms with E-state index in [1.807, 2.05) is 18.2 Å². The topological polar surface area (TPSA) is 41.5 Å². The molecule has 1 aromatic carbocycles. The Morgan fingerprint density at radius 1 is 1.33 bits per heavy atom. The molecule has 0 saturated carbocycles. The van der Waals surface area contributed by atoms with Gasteiger partial charge in [-0.3, -0.25) is 9.79 Å². The second-order valence-electron chi connectivity index (χ2n) is 4.95. The van der Waals surface area contributed by atoms with E-state index in [-0.39, 0.29) is 5.78 Å². The van der Waals surface area contributed by atoms with Crippen LogP contribution in [0.4, 0.5) is 0 Å². The van der Waals surface area contributed by atoms with Crippen molar-refractivity contribution in [1.82, 2.24) is 5.32 Å². The smallest absolute Gasteiger partial charge is 0.182 e. The predicted molar refractivity (Wildman–Crippen MR) is 71.7 cm³/mol. The highest BCUT2D eigenvalue weighted by molar-refractivity contribution is 6.14. The third-order valence-corrected chi connectivity index (χ3v) is 3.46. The molecule has 0 fully saturated rings. The van der Waals surface area contributed by atoms with E-state index in [9.17, 15) is 4.79 Å². The molecule has 1 N–H and O–H groups in total. The Bertz CT molecular complexity index is 543. The SMILES string of the molecule is CC1CC2=C(N1)C(Cc1ccccc1)=NCC2=O. The molecule has 1 unspecified atom stereocenters. The van der Waals surface area contributed by atoms with Crippen molar-refractivity contribution in [3.05, 3.63) is 47.2 Å². The molecule has 2 heterocycles. The number of hydrogen-bond acceptors (Lipinski definition) is 3. The van der Waals surface area contributed by atoms with E-state index in [4.69, 9.17) is 0 Å². The molecule has 2 aliphatic heterocycles. The third kappa shape index (κ3) is 1.96. The number of benzene rings is 1. The number of carbonyl (C=O) groups is 1. The maximum atomic E-state index is 11.8. The Kier molecular flexibility index (Phi) is 2.74. The lowest BCUT2D eigenvalue weighted by Crippen LogP contribution is -2.27. The zero-order chi connectivity index (χ0) is 12.5. The summed E-state index contributed by atoms with van der Waals surface area (Å²) in [5.41, 5.74) is 4.20. The lowest BCUT2D eigenvalue weighted by molar-refractivity contribution is -0.114. The zero-order valence-electron chi connectivity index (χ0n) is 10.4. The van der Waals surface area contributed by atoms with Crippen LogP contribution in [-0.2, 0) is 11.2 Å². The average Bonchev–Trinajstić information content (AvgIpc) is 2.77. The van der Waals surface area contributed by atoms with Gasteiger partial charge in [-0.25, -0.2) is 0 Å². The zero-order valence-corrected chi connectivity index (χ0v) is 10.4. The van der Waals surface area contributed by atoms with Gasteiger partial charge in [0.2, 0.25) is 0 Å². The highest BCUT2D eigenvalue weighted by atomic mass is 16.1. The first kappa shape index (κ1) is 11.2. The molecule has 0 radical (unpaired) electrons. The number of carbonyl (C=O) groups excluding carboxylic acids is 1. The fraction of sp³-hybridized carbons (Fsp3) is 0.333. The average molecular weight is 240 g/mol. The van der Waals surface area contributed by atoms with Crippen LogP contribution in [0.3, 0.4) is 0 Å². The monoisotopic (exact) mass is 240 g/mol. The van der Waals surface area contributed by atoms with Crippen LogP contribution in [0.1, 0.15) is 18.9 Å². The second kappa shape index (κ2) is 4.41. The van der Waals surface area contributed by atoms with Gasteiger partial charge in [0.05, 0.1) is 11.4 Å². The van der Waals surface area contributed by atoms with Crippen LogP contribution in [0.2, 0.25) is 0 Å². The van der Waals surface area contributed by atoms with Gasteiger partial charge in [-0.05, 0) is 18.9 Å². The van der Waals surface area contributed by atoms with E-state index < -0.39 is 0 Å². The predicted octanol–water partition coefficient (Wildman–Crippen LogP) is 1.89. The standard InChI is InChI=1S/C15H16N2O/c1-10-7-12-14(18)9-16-13(15(12)17-10)8-11-5-3-2-4-6-11/h2-6,10,17H,7-9H2,1H3. The summed E-state index contributed by atoms with van der Waals surface area (Å²) < 4.78 is 0. The highest BCUT2D eigenvalue weighted by Gasteiger charge is 2.30. The Labute approximate surface area is 107 Å². The molecule has 0 bridgehead atoms. The van der Waals surface area contributed by atoms with Crippen molar-refractivity contribution in [2.24, 2.45) is 4.99 Å². The summed E-state index contributed by atoms with van der Waals surface area (Å²) in [6.45, 7) is 2.42. The lowest BCUT2D eigenvalue weighted by Gasteiger charge is -2.15. The molecular weight excluding hydrogens is 224 g/mol. The molecule has 18 heavy (non-hydrogen) atoms. The van der Waals surface area contributed by atoms with Gasteiger partial charge in [-0.15, -0.1) is 0 Å². The van der Waals surface area contributed by atoms with Crippen LogP contribution in [-0.4, -0.2) is 24.1 Å². The van der Waals surface area contributed by atoms with E-state index in [2.05, 4.69) is 29.4 Å². The van der Waals surface area contributed by atoms with Crippen LogP contribution in [0.25, 0.3) is 0 Å². The number of rotatable bonds is 2. The minimum atomic E-state index is 0.179. The van der Waals surface area contributed by atoms with Gasteiger partial charge in [0.1, 0.15) is 6.54 Å². The fourth-order valence-corrected chi connectivity index (χ4v) is 2.58. The molecule has 0 amide bonds. The molecule has 0 saturated heterocycles. The van der Waals surface area contributed by atoms with Crippen molar-refractivity contribution in [2.45, 2.75) is 25.8 Å². The molecule has 2 aliphatic rings. The summed E-state index contributed by atoms with van der Waals surface area (Å²) in [4.78, 5) is 16.2. The summed E-state index contributed by atoms with van der Waals surface area (Å²) >= 11 is 0. The van der Waals surface area contributed by atoms with Crippen LogP contribution >= 0.6 is 0 Å². The minimum Gasteiger partial charge on any atom is -0.380 e. The maximum absolute atomic E-state index is 11.8. The number of nitrogens with one attached hydrogen (secondary N) is 1. The summed E-state index contributed by atoms with van der Waals surface area (Å²) in [5, 5.41) is 3.38. The lowest BCUT2D eigenvalue weighted by atomic mass is 9.98. The second-order valence-corrected chi connectivity index (χ2v) is 4.95. The van der Waals surface area contributed by atoms with Gasteiger partial charge in [0, 0.05) is 18.0 Å². The minimum absolute atomic E-state index is 0.179. The molecular formula is C15H16N2O. The van der Waals surface area contributed by atoms with Gasteiger partial charge >= 0.3 is 0 Å². The number of nitrogens with zero attached hydrogens (tertiary/aromatic N) is 1. The van der Waals surface area contributed by atoms with E-state index in [0.29, 0.717) is 12.6 Å². The molecule has 3 heteroatoms. The first-order valence-corrected chi connectivity index (χ1v) is 6.34. The fourth-order valence-electron chi connectivity index (χ4n) is 2.58. The normalized spacial score (nSPS) is 22.6. The number of aliphatic imine (C=N–C) groups is 1. The van der Waals surface area contributed by atoms with Crippen LogP contribution in [0.5, 0.6) is 0 Å². The first-order chi connectivity index (χ1) is 8.74. The molecule has 0 spiro atoms. The van der Waals surface area contributed by atoms with Crippen molar-refractivity contribution in [3.8, 4) is 0 Å². The van der Waals surface area contributed by atoms with Gasteiger partial charge in [0.25, 0.3) is 0 Å². The number of hydrogen-bond donors (Lipinski definition) is 1. The van der Waals surface area contributed by atoms with E-state index >= 15 is 0 Å². The van der Waals surface area contributed by atoms with Crippen LogP contribution in [0, 0.1) is 0 Å². The van der Waals surface area contributed by atoms with Gasteiger partial charge < -0.3 is 5.32 Å². The summed E-state index contributed by atoms with van der Waals surface area (Å²) in [7, 11) is 0. The van der Waals surface area contributed by atoms with Crippen molar-refractivity contribution >= 4 is 11.5 Å². The summed E-state index contributed by atoms with van der Waals surface area (Å²) in [6, 6.07) is 10.6. The van der Waals surface area contributed by atoms with Gasteiger partial charge in [0.15, 0.2) is 5.78 Å². The molecule has 3 nitrogen and oxygen atoms in total. The van der Waals surface area contributed by atoms with Crippen molar-refractivity contribution in [1.29, 1.82) is 0 Å². The first-order valence-electron chi connectivity index (χ1n) is 6.34. The molecule has 3 rings (SSSR count). The quantitative estimate of drug-likeness (QED) is 0.857. The number of ketones is 1. The number of dihydropyridines is 1. The maximum Gasteiger partial charge on any atom is 0.182 e. The summed E-state index contributed by atoms with van der Waals surface area (Å²) in [6.07, 6.45) is 1.63. The van der Waals surface area contributed by atoms with Crippen molar-refractivity contribution in [2.75, 3.05) is 6.54 Å². The Morgan fingerprint density at radius 2 is 2.11 bits per heavy atom. The Morgan fingerprint density at radius 3 is 2.89 bits per heavy atom. The molecule has 0 aromatic heterocycles. The largest absolute Gasteiger partial charge is 0.380 e. The number of allylic oxidation sites excluding steroid dienone is 1. The van der Waals surface area contributed by atoms with Crippen LogP contribution in [0.15, 0.2) is 46.6 Å². The van der Waals surface area contributed by atoms with E-state index in [0.717, 1.165) is 29.8 Å².